The van der Waals surface area contributed by atoms with E-state index in [1.54, 1.807) is 19.9 Å². The first kappa shape index (κ1) is 14.7. The van der Waals surface area contributed by atoms with Crippen LogP contribution in [0.3, 0.4) is 0 Å². The van der Waals surface area contributed by atoms with E-state index in [2.05, 4.69) is 0 Å². The Morgan fingerprint density at radius 2 is 1.81 bits per heavy atom. The maximum Gasteiger partial charge on any atom is 0.337 e. The molecule has 0 aliphatic carbocycles. The summed E-state index contributed by atoms with van der Waals surface area (Å²) in [7, 11) is 0. The van der Waals surface area contributed by atoms with Crippen molar-refractivity contribution < 1.29 is 19.1 Å². The smallest absolute Gasteiger partial charge is 0.337 e. The highest BCUT2D eigenvalue weighted by Gasteiger charge is 2.20. The monoisotopic (exact) mass is 228 g/mol. The molecule has 4 nitrogen and oxygen atoms in total. The first-order valence-electron chi connectivity index (χ1n) is 5.44. The van der Waals surface area contributed by atoms with Crippen LogP contribution >= 0.6 is 0 Å². The number of ether oxygens (including phenoxy) is 2. The van der Waals surface area contributed by atoms with Crippen LogP contribution in [0.25, 0.3) is 0 Å². The normalized spacial score (nSPS) is 13.5. The predicted molar refractivity (Wildman–Crippen MR) is 60.8 cm³/mol. The van der Waals surface area contributed by atoms with E-state index in [0.717, 1.165) is 0 Å². The van der Waals surface area contributed by atoms with Crippen LogP contribution in [0.1, 0.15) is 34.6 Å². The van der Waals surface area contributed by atoms with Gasteiger partial charge in [-0.3, -0.25) is 4.79 Å². The van der Waals surface area contributed by atoms with E-state index in [1.807, 2.05) is 13.8 Å². The Kier molecular flexibility index (Phi) is 6.46. The Bertz CT molecular complexity index is 279. The predicted octanol–water partition coefficient (Wildman–Crippen LogP) is 2.08. The van der Waals surface area contributed by atoms with Gasteiger partial charge in [-0.1, -0.05) is 19.9 Å². The Morgan fingerprint density at radius 3 is 2.19 bits per heavy atom. The SMILES string of the molecule is CCOC(=O)/C(=C\C(C)C)[C@@H](C)OC(C)=O. The molecule has 0 aliphatic rings. The lowest BCUT2D eigenvalue weighted by Crippen LogP contribution is -2.23. The molecule has 0 aromatic heterocycles. The molecule has 1 atom stereocenters. The summed E-state index contributed by atoms with van der Waals surface area (Å²) in [5.41, 5.74) is 0.395. The quantitative estimate of drug-likeness (QED) is 0.534. The molecule has 0 aromatic rings. The molecular weight excluding hydrogens is 208 g/mol. The molecule has 0 unspecified atom stereocenters. The summed E-state index contributed by atoms with van der Waals surface area (Å²) >= 11 is 0. The van der Waals surface area contributed by atoms with Gasteiger partial charge < -0.3 is 9.47 Å². The molecule has 0 aromatic carbocycles. The zero-order chi connectivity index (χ0) is 12.7. The largest absolute Gasteiger partial charge is 0.463 e. The molecule has 0 saturated heterocycles. The number of carbonyl (C=O) groups is 2. The number of rotatable bonds is 5. The van der Waals surface area contributed by atoms with Crippen molar-refractivity contribution in [2.75, 3.05) is 6.61 Å². The number of carbonyl (C=O) groups excluding carboxylic acids is 2. The third-order valence-corrected chi connectivity index (χ3v) is 1.80. The van der Waals surface area contributed by atoms with Crippen LogP contribution in [0.5, 0.6) is 0 Å². The van der Waals surface area contributed by atoms with Gasteiger partial charge in [0.15, 0.2) is 0 Å². The lowest BCUT2D eigenvalue weighted by Gasteiger charge is -2.15. The van der Waals surface area contributed by atoms with Crippen molar-refractivity contribution in [1.29, 1.82) is 0 Å². The van der Waals surface area contributed by atoms with Crippen LogP contribution in [-0.4, -0.2) is 24.6 Å². The van der Waals surface area contributed by atoms with E-state index in [1.165, 1.54) is 6.92 Å². The van der Waals surface area contributed by atoms with E-state index >= 15 is 0 Å². The van der Waals surface area contributed by atoms with E-state index in [0.29, 0.717) is 12.2 Å². The minimum atomic E-state index is -0.570. The highest BCUT2D eigenvalue weighted by molar-refractivity contribution is 5.90. The van der Waals surface area contributed by atoms with Gasteiger partial charge in [0.1, 0.15) is 6.10 Å². The minimum Gasteiger partial charge on any atom is -0.463 e. The zero-order valence-electron chi connectivity index (χ0n) is 10.6. The highest BCUT2D eigenvalue weighted by atomic mass is 16.6. The highest BCUT2D eigenvalue weighted by Crippen LogP contribution is 2.12. The molecule has 4 heteroatoms. The molecule has 0 fully saturated rings. The van der Waals surface area contributed by atoms with Crippen molar-refractivity contribution in [2.24, 2.45) is 5.92 Å². The Hall–Kier alpha value is -1.32. The summed E-state index contributed by atoms with van der Waals surface area (Å²) in [6.45, 7) is 8.91. The number of hydrogen-bond donors (Lipinski definition) is 0. The fourth-order valence-electron chi connectivity index (χ4n) is 1.26. The third kappa shape index (κ3) is 5.53. The van der Waals surface area contributed by atoms with Crippen LogP contribution in [0.2, 0.25) is 0 Å². The van der Waals surface area contributed by atoms with Gasteiger partial charge in [-0.15, -0.1) is 0 Å². The Morgan fingerprint density at radius 1 is 1.25 bits per heavy atom. The van der Waals surface area contributed by atoms with Crippen LogP contribution in [-0.2, 0) is 19.1 Å². The van der Waals surface area contributed by atoms with Crippen LogP contribution in [0.4, 0.5) is 0 Å². The number of hydrogen-bond acceptors (Lipinski definition) is 4. The first-order valence-corrected chi connectivity index (χ1v) is 5.44. The molecule has 0 heterocycles. The average Bonchev–Trinajstić information content (AvgIpc) is 2.12. The van der Waals surface area contributed by atoms with Gasteiger partial charge in [0.05, 0.1) is 12.2 Å². The molecule has 0 N–H and O–H groups in total. The molecule has 0 amide bonds. The Labute approximate surface area is 96.6 Å². The summed E-state index contributed by atoms with van der Waals surface area (Å²) < 4.78 is 9.88. The van der Waals surface area contributed by atoms with Crippen molar-refractivity contribution in [2.45, 2.75) is 40.7 Å². The molecule has 0 rings (SSSR count). The summed E-state index contributed by atoms with van der Waals surface area (Å²) in [5.74, 6) is -0.645. The van der Waals surface area contributed by atoms with Crippen molar-refractivity contribution in [3.8, 4) is 0 Å². The fourth-order valence-corrected chi connectivity index (χ4v) is 1.26. The van der Waals surface area contributed by atoms with Gasteiger partial charge in [0.25, 0.3) is 0 Å². The molecule has 0 saturated carbocycles. The standard InChI is InChI=1S/C12H20O4/c1-6-15-12(14)11(7-8(2)3)9(4)16-10(5)13/h7-9H,6H2,1-5H3/b11-7-/t9-/m1/s1. The van der Waals surface area contributed by atoms with Gasteiger partial charge in [-0.05, 0) is 19.8 Å². The zero-order valence-corrected chi connectivity index (χ0v) is 10.6. The van der Waals surface area contributed by atoms with Gasteiger partial charge >= 0.3 is 11.9 Å². The maximum atomic E-state index is 11.6. The van der Waals surface area contributed by atoms with Gasteiger partial charge in [0, 0.05) is 6.92 Å². The van der Waals surface area contributed by atoms with E-state index in [9.17, 15) is 9.59 Å². The van der Waals surface area contributed by atoms with Gasteiger partial charge in [0.2, 0.25) is 0 Å². The van der Waals surface area contributed by atoms with E-state index in [4.69, 9.17) is 9.47 Å². The third-order valence-electron chi connectivity index (χ3n) is 1.80. The minimum absolute atomic E-state index is 0.192. The topological polar surface area (TPSA) is 52.6 Å². The molecule has 92 valence electrons. The second-order valence-corrected chi connectivity index (χ2v) is 3.84. The lowest BCUT2D eigenvalue weighted by molar-refractivity contribution is -0.146. The van der Waals surface area contributed by atoms with Crippen LogP contribution in [0, 0.1) is 5.92 Å². The summed E-state index contributed by atoms with van der Waals surface area (Å²) in [6, 6.07) is 0. The summed E-state index contributed by atoms with van der Waals surface area (Å²) in [5, 5.41) is 0. The van der Waals surface area contributed by atoms with Gasteiger partial charge in [-0.2, -0.15) is 0 Å². The van der Waals surface area contributed by atoms with Gasteiger partial charge in [-0.25, -0.2) is 4.79 Å². The second kappa shape index (κ2) is 7.04. The number of esters is 2. The first-order chi connectivity index (χ1) is 7.38. The van der Waals surface area contributed by atoms with Crippen molar-refractivity contribution in [3.63, 3.8) is 0 Å². The summed E-state index contributed by atoms with van der Waals surface area (Å²) in [6.07, 6.45) is 1.19. The maximum absolute atomic E-state index is 11.6. The van der Waals surface area contributed by atoms with E-state index < -0.39 is 18.0 Å². The van der Waals surface area contributed by atoms with Crippen LogP contribution in [0.15, 0.2) is 11.6 Å². The Balaban J connectivity index is 4.80. The van der Waals surface area contributed by atoms with E-state index in [-0.39, 0.29) is 5.92 Å². The molecule has 16 heavy (non-hydrogen) atoms. The fraction of sp³-hybridized carbons (Fsp3) is 0.667. The molecule has 0 radical (unpaired) electrons. The van der Waals surface area contributed by atoms with Crippen LogP contribution < -0.4 is 0 Å². The lowest BCUT2D eigenvalue weighted by atomic mass is 10.1. The van der Waals surface area contributed by atoms with Crippen molar-refractivity contribution in [3.05, 3.63) is 11.6 Å². The second-order valence-electron chi connectivity index (χ2n) is 3.84. The average molecular weight is 228 g/mol. The number of allylic oxidation sites excluding steroid dienone is 1. The van der Waals surface area contributed by atoms with Crippen molar-refractivity contribution >= 4 is 11.9 Å². The molecular formula is C12H20O4. The molecule has 0 spiro atoms. The summed E-state index contributed by atoms with van der Waals surface area (Å²) in [4.78, 5) is 22.4. The van der Waals surface area contributed by atoms with Crippen molar-refractivity contribution in [1.82, 2.24) is 0 Å². The molecule has 0 bridgehead atoms. The molecule has 0 aliphatic heterocycles.